The molecule has 3 rings (SSSR count). The van der Waals surface area contributed by atoms with Gasteiger partial charge in [-0.25, -0.2) is 4.98 Å². The average molecular weight is 422 g/mol. The lowest BCUT2D eigenvalue weighted by atomic mass is 10.1. The second-order valence-electron chi connectivity index (χ2n) is 7.05. The van der Waals surface area contributed by atoms with Crippen LogP contribution in [0.3, 0.4) is 0 Å². The normalized spacial score (nSPS) is 10.9. The van der Waals surface area contributed by atoms with Crippen LogP contribution in [0.25, 0.3) is 10.9 Å². The van der Waals surface area contributed by atoms with Crippen molar-refractivity contribution in [3.8, 4) is 0 Å². The van der Waals surface area contributed by atoms with Crippen LogP contribution in [-0.4, -0.2) is 27.0 Å². The fraction of sp³-hybridized carbons (Fsp3) is 0.217. The van der Waals surface area contributed by atoms with E-state index in [1.165, 1.54) is 16.3 Å². The van der Waals surface area contributed by atoms with Crippen LogP contribution in [0.1, 0.15) is 24.2 Å². The minimum atomic E-state index is -0.152. The smallest absolute Gasteiger partial charge is 0.262 e. The first-order chi connectivity index (χ1) is 14.4. The van der Waals surface area contributed by atoms with Crippen LogP contribution in [0, 0.1) is 5.92 Å². The molecule has 30 heavy (non-hydrogen) atoms. The van der Waals surface area contributed by atoms with Crippen LogP contribution < -0.4 is 10.9 Å². The number of carbonyl (C=O) groups excluding carboxylic acids is 2. The van der Waals surface area contributed by atoms with Gasteiger partial charge in [-0.2, -0.15) is 0 Å². The molecule has 0 radical (unpaired) electrons. The third kappa shape index (κ3) is 4.86. The number of hydrogen-bond acceptors (Lipinski definition) is 5. The number of hydrogen-bond donors (Lipinski definition) is 1. The largest absolute Gasteiger partial charge is 0.326 e. The molecule has 2 aromatic carbocycles. The Labute approximate surface area is 179 Å². The first-order valence-electron chi connectivity index (χ1n) is 9.58. The summed E-state index contributed by atoms with van der Waals surface area (Å²) in [5.74, 6) is -0.147. The van der Waals surface area contributed by atoms with Crippen molar-refractivity contribution in [3.63, 3.8) is 0 Å². The van der Waals surface area contributed by atoms with Gasteiger partial charge in [-0.15, -0.1) is 6.58 Å². The first kappa shape index (κ1) is 21.5. The molecule has 0 fully saturated rings. The number of aromatic nitrogens is 2. The Morgan fingerprint density at radius 3 is 2.53 bits per heavy atom. The molecule has 0 unspecified atom stereocenters. The maximum absolute atomic E-state index is 12.8. The molecule has 0 atom stereocenters. The summed E-state index contributed by atoms with van der Waals surface area (Å²) < 4.78 is 1.53. The average Bonchev–Trinajstić information content (AvgIpc) is 2.74. The maximum Gasteiger partial charge on any atom is 0.262 e. The summed E-state index contributed by atoms with van der Waals surface area (Å²) in [6.45, 7) is 7.66. The highest BCUT2D eigenvalue weighted by atomic mass is 32.2. The van der Waals surface area contributed by atoms with E-state index in [1.807, 2.05) is 19.9 Å². The summed E-state index contributed by atoms with van der Waals surface area (Å²) in [5, 5.41) is 3.81. The third-order valence-electron chi connectivity index (χ3n) is 4.47. The minimum Gasteiger partial charge on any atom is -0.326 e. The molecular formula is C23H23N3O3S. The molecule has 1 N–H and O–H groups in total. The van der Waals surface area contributed by atoms with Gasteiger partial charge in [0.25, 0.3) is 5.56 Å². The predicted octanol–water partition coefficient (Wildman–Crippen LogP) is 4.15. The quantitative estimate of drug-likeness (QED) is 0.256. The number of ketones is 1. The van der Waals surface area contributed by atoms with Crippen LogP contribution >= 0.6 is 11.8 Å². The Morgan fingerprint density at radius 2 is 1.87 bits per heavy atom. The van der Waals surface area contributed by atoms with Gasteiger partial charge in [0.1, 0.15) is 0 Å². The number of benzene rings is 2. The van der Waals surface area contributed by atoms with E-state index in [4.69, 9.17) is 0 Å². The molecule has 0 spiro atoms. The van der Waals surface area contributed by atoms with Crippen LogP contribution in [0.2, 0.25) is 0 Å². The van der Waals surface area contributed by atoms with Gasteiger partial charge in [0, 0.05) is 23.7 Å². The zero-order valence-corrected chi connectivity index (χ0v) is 17.7. The number of anilines is 1. The number of thioether (sulfide) groups is 1. The van der Waals surface area contributed by atoms with Gasteiger partial charge in [0.15, 0.2) is 10.9 Å². The minimum absolute atomic E-state index is 0.0767. The third-order valence-corrected chi connectivity index (χ3v) is 5.45. The highest BCUT2D eigenvalue weighted by Gasteiger charge is 2.14. The Kier molecular flexibility index (Phi) is 6.84. The van der Waals surface area contributed by atoms with E-state index in [2.05, 4.69) is 16.9 Å². The van der Waals surface area contributed by atoms with Gasteiger partial charge in [-0.05, 0) is 36.4 Å². The maximum atomic E-state index is 12.8. The van der Waals surface area contributed by atoms with Crippen molar-refractivity contribution in [2.45, 2.75) is 25.5 Å². The van der Waals surface area contributed by atoms with Gasteiger partial charge in [0.05, 0.1) is 16.7 Å². The van der Waals surface area contributed by atoms with Crippen LogP contribution in [-0.2, 0) is 11.3 Å². The van der Waals surface area contributed by atoms with Crippen LogP contribution in [0.15, 0.2) is 71.1 Å². The van der Waals surface area contributed by atoms with Crippen molar-refractivity contribution >= 4 is 40.0 Å². The van der Waals surface area contributed by atoms with E-state index in [-0.39, 0.29) is 28.9 Å². The number of para-hydroxylation sites is 1. The van der Waals surface area contributed by atoms with Gasteiger partial charge in [0.2, 0.25) is 5.91 Å². The molecular weight excluding hydrogens is 398 g/mol. The van der Waals surface area contributed by atoms with Crippen LogP contribution in [0.5, 0.6) is 0 Å². The number of fused-ring (bicyclic) bond motifs is 1. The van der Waals surface area contributed by atoms with E-state index < -0.39 is 0 Å². The fourth-order valence-corrected chi connectivity index (χ4v) is 3.69. The number of amides is 1. The Hall–Kier alpha value is -3.19. The second kappa shape index (κ2) is 9.54. The van der Waals surface area contributed by atoms with Crippen molar-refractivity contribution < 1.29 is 9.59 Å². The lowest BCUT2D eigenvalue weighted by molar-refractivity contribution is -0.118. The number of carbonyl (C=O) groups is 2. The van der Waals surface area contributed by atoms with E-state index in [0.29, 0.717) is 33.9 Å². The lowest BCUT2D eigenvalue weighted by Crippen LogP contribution is -2.23. The number of allylic oxidation sites excluding steroid dienone is 1. The standard InChI is InChI=1S/C23H23N3O3S/c1-4-13-26-22(29)18-7-5-6-8-19(18)25-23(26)30-14-20(27)16-9-11-17(12-10-16)24-21(28)15(2)3/h4-12,15H,1,13-14H2,2-3H3,(H,24,28). The second-order valence-corrected chi connectivity index (χ2v) is 7.99. The summed E-state index contributed by atoms with van der Waals surface area (Å²) in [7, 11) is 0. The molecule has 3 aromatic rings. The molecule has 1 aromatic heterocycles. The SMILES string of the molecule is C=CCn1c(SCC(=O)c2ccc(NC(=O)C(C)C)cc2)nc2ccccc2c1=O. The molecule has 0 aliphatic heterocycles. The summed E-state index contributed by atoms with van der Waals surface area (Å²) in [6, 6.07) is 13.9. The topological polar surface area (TPSA) is 81.1 Å². The van der Waals surface area contributed by atoms with E-state index in [0.717, 1.165) is 0 Å². The lowest BCUT2D eigenvalue weighted by Gasteiger charge is -2.11. The highest BCUT2D eigenvalue weighted by Crippen LogP contribution is 2.20. The van der Waals surface area contributed by atoms with E-state index in [1.54, 1.807) is 48.5 Å². The number of nitrogens with one attached hydrogen (secondary N) is 1. The summed E-state index contributed by atoms with van der Waals surface area (Å²) >= 11 is 1.22. The molecule has 0 aliphatic rings. The molecule has 7 heteroatoms. The van der Waals surface area contributed by atoms with Crippen molar-refractivity contribution in [1.82, 2.24) is 9.55 Å². The Morgan fingerprint density at radius 1 is 1.17 bits per heavy atom. The summed E-state index contributed by atoms with van der Waals surface area (Å²) in [5.41, 5.74) is 1.63. The molecule has 0 saturated carbocycles. The molecule has 0 saturated heterocycles. The van der Waals surface area contributed by atoms with Gasteiger partial charge < -0.3 is 5.32 Å². The van der Waals surface area contributed by atoms with Gasteiger partial charge in [-0.1, -0.05) is 43.8 Å². The van der Waals surface area contributed by atoms with Gasteiger partial charge >= 0.3 is 0 Å². The molecule has 6 nitrogen and oxygen atoms in total. The van der Waals surface area contributed by atoms with E-state index >= 15 is 0 Å². The first-order valence-corrected chi connectivity index (χ1v) is 10.6. The van der Waals surface area contributed by atoms with E-state index in [9.17, 15) is 14.4 Å². The summed E-state index contributed by atoms with van der Waals surface area (Å²) in [4.78, 5) is 41.7. The van der Waals surface area contributed by atoms with Gasteiger partial charge in [-0.3, -0.25) is 19.0 Å². The molecule has 0 aliphatic carbocycles. The number of Topliss-reactive ketones (excluding diaryl/α,β-unsaturated/α-hetero) is 1. The highest BCUT2D eigenvalue weighted by molar-refractivity contribution is 7.99. The Balaban J connectivity index is 1.76. The zero-order chi connectivity index (χ0) is 21.7. The van der Waals surface area contributed by atoms with Crippen molar-refractivity contribution in [2.75, 3.05) is 11.1 Å². The van der Waals surface area contributed by atoms with Crippen molar-refractivity contribution in [2.24, 2.45) is 5.92 Å². The predicted molar refractivity (Wildman–Crippen MR) is 121 cm³/mol. The summed E-state index contributed by atoms with van der Waals surface area (Å²) in [6.07, 6.45) is 1.63. The number of nitrogens with zero attached hydrogens (tertiary/aromatic N) is 2. The molecule has 1 heterocycles. The zero-order valence-electron chi connectivity index (χ0n) is 16.9. The fourth-order valence-electron chi connectivity index (χ4n) is 2.79. The van der Waals surface area contributed by atoms with Crippen LogP contribution in [0.4, 0.5) is 5.69 Å². The Bertz CT molecular complexity index is 1150. The molecule has 154 valence electrons. The molecule has 0 bridgehead atoms. The van der Waals surface area contributed by atoms with Crippen molar-refractivity contribution in [3.05, 3.63) is 77.1 Å². The number of rotatable bonds is 8. The monoisotopic (exact) mass is 421 g/mol. The van der Waals surface area contributed by atoms with Crippen molar-refractivity contribution in [1.29, 1.82) is 0 Å². The molecule has 1 amide bonds.